The third-order valence-corrected chi connectivity index (χ3v) is 10.5. The highest BCUT2D eigenvalue weighted by atomic mass is 16.5. The van der Waals surface area contributed by atoms with Gasteiger partial charge in [-0.15, -0.1) is 0 Å². The zero-order valence-corrected chi connectivity index (χ0v) is 29.4. The van der Waals surface area contributed by atoms with E-state index in [9.17, 15) is 4.79 Å². The Kier molecular flexibility index (Phi) is 9.64. The number of hydrogen-bond donors (Lipinski definition) is 0. The highest BCUT2D eigenvalue weighted by Gasteiger charge is 2.37. The summed E-state index contributed by atoms with van der Waals surface area (Å²) < 4.78 is 12.1. The zero-order valence-electron chi connectivity index (χ0n) is 29.4. The van der Waals surface area contributed by atoms with E-state index in [1.165, 1.54) is 46.2 Å². The third kappa shape index (κ3) is 7.13. The summed E-state index contributed by atoms with van der Waals surface area (Å²) in [4.78, 5) is 16.2. The smallest absolute Gasteiger partial charge is 0.289 e. The van der Waals surface area contributed by atoms with Crippen LogP contribution in [-0.4, -0.2) is 24.5 Å². The number of ether oxygens (including phenoxy) is 1. The van der Waals surface area contributed by atoms with Crippen LogP contribution < -0.4 is 4.74 Å². The van der Waals surface area contributed by atoms with E-state index >= 15 is 0 Å². The molecule has 0 N–H and O–H groups in total. The number of furan rings is 1. The van der Waals surface area contributed by atoms with Gasteiger partial charge in [-0.3, -0.25) is 4.79 Å². The molecule has 0 atom stereocenters. The van der Waals surface area contributed by atoms with E-state index in [0.29, 0.717) is 25.3 Å². The summed E-state index contributed by atoms with van der Waals surface area (Å²) >= 11 is 0. The standard InChI is InChI=1S/C44H49NO3/c1-31-27-38-39(44(4,5)25-24-43(38,2)3)29-35(31)28-36-21-22-41(48-36)42(46)45(30-34-19-13-14-20-40(34)47-6)26-23-37(32-15-9-7-10-16-32)33-17-11-8-12-18-33/h7-22,27,29,37H,23-26,28,30H2,1-6H3. The molecule has 248 valence electrons. The van der Waals surface area contributed by atoms with Gasteiger partial charge in [0.1, 0.15) is 11.5 Å². The predicted molar refractivity (Wildman–Crippen MR) is 195 cm³/mol. The summed E-state index contributed by atoms with van der Waals surface area (Å²) in [7, 11) is 1.68. The predicted octanol–water partition coefficient (Wildman–Crippen LogP) is 10.4. The van der Waals surface area contributed by atoms with E-state index in [2.05, 4.69) is 95.3 Å². The lowest BCUT2D eigenvalue weighted by Crippen LogP contribution is -2.34. The Morgan fingerprint density at radius 1 is 0.771 bits per heavy atom. The van der Waals surface area contributed by atoms with Crippen molar-refractivity contribution in [1.82, 2.24) is 4.90 Å². The fraction of sp³-hybridized carbons (Fsp3) is 0.341. The highest BCUT2D eigenvalue weighted by molar-refractivity contribution is 5.91. The maximum Gasteiger partial charge on any atom is 0.289 e. The number of methoxy groups -OCH3 is 1. The summed E-state index contributed by atoms with van der Waals surface area (Å²) in [6, 6.07) is 37.7. The lowest BCUT2D eigenvalue weighted by molar-refractivity contribution is 0.0704. The number of carbonyl (C=O) groups excluding carboxylic acids is 1. The number of rotatable bonds is 11. The number of fused-ring (bicyclic) bond motifs is 1. The van der Waals surface area contributed by atoms with Crippen LogP contribution in [0.5, 0.6) is 5.75 Å². The number of aryl methyl sites for hydroxylation is 1. The van der Waals surface area contributed by atoms with Crippen LogP contribution in [0, 0.1) is 6.92 Å². The monoisotopic (exact) mass is 639 g/mol. The largest absolute Gasteiger partial charge is 0.496 e. The fourth-order valence-electron chi connectivity index (χ4n) is 7.36. The van der Waals surface area contributed by atoms with E-state index in [4.69, 9.17) is 9.15 Å². The number of benzene rings is 4. The second kappa shape index (κ2) is 13.9. The molecular weight excluding hydrogens is 590 g/mol. The molecule has 0 saturated carbocycles. The van der Waals surface area contributed by atoms with Crippen molar-refractivity contribution in [3.8, 4) is 5.75 Å². The van der Waals surface area contributed by atoms with Gasteiger partial charge in [0.05, 0.1) is 7.11 Å². The van der Waals surface area contributed by atoms with E-state index in [1.807, 2.05) is 53.4 Å². The quantitative estimate of drug-likeness (QED) is 0.144. The Labute approximate surface area is 286 Å². The molecule has 1 amide bonds. The maximum atomic E-state index is 14.3. The summed E-state index contributed by atoms with van der Waals surface area (Å²) in [5.41, 5.74) is 9.18. The Bertz CT molecular complexity index is 1810. The molecule has 6 rings (SSSR count). The van der Waals surface area contributed by atoms with E-state index < -0.39 is 0 Å². The summed E-state index contributed by atoms with van der Waals surface area (Å²) in [6.45, 7) is 12.6. The summed E-state index contributed by atoms with van der Waals surface area (Å²) in [5.74, 6) is 1.98. The Morgan fingerprint density at radius 2 is 1.35 bits per heavy atom. The number of hydrogen-bond acceptors (Lipinski definition) is 3. The molecule has 1 aliphatic carbocycles. The Balaban J connectivity index is 1.28. The van der Waals surface area contributed by atoms with Crippen molar-refractivity contribution in [3.05, 3.63) is 160 Å². The van der Waals surface area contributed by atoms with Gasteiger partial charge in [0.2, 0.25) is 0 Å². The van der Waals surface area contributed by atoms with Gasteiger partial charge in [-0.05, 0) is 88.6 Å². The minimum Gasteiger partial charge on any atom is -0.496 e. The second-order valence-corrected chi connectivity index (χ2v) is 14.7. The topological polar surface area (TPSA) is 42.7 Å². The summed E-state index contributed by atoms with van der Waals surface area (Å²) in [5, 5.41) is 0. The van der Waals surface area contributed by atoms with Crippen molar-refractivity contribution in [2.24, 2.45) is 0 Å². The van der Waals surface area contributed by atoms with Gasteiger partial charge < -0.3 is 14.1 Å². The van der Waals surface area contributed by atoms with Crippen LogP contribution in [0.15, 0.2) is 114 Å². The second-order valence-electron chi connectivity index (χ2n) is 14.7. The summed E-state index contributed by atoms with van der Waals surface area (Å²) in [6.07, 6.45) is 3.78. The van der Waals surface area contributed by atoms with Gasteiger partial charge >= 0.3 is 0 Å². The van der Waals surface area contributed by atoms with Crippen LogP contribution in [0.25, 0.3) is 0 Å². The molecule has 4 heteroatoms. The van der Waals surface area contributed by atoms with Crippen LogP contribution in [0.1, 0.15) is 108 Å². The minimum absolute atomic E-state index is 0.114. The maximum absolute atomic E-state index is 14.3. The van der Waals surface area contributed by atoms with Crippen molar-refractivity contribution in [2.75, 3.05) is 13.7 Å². The SMILES string of the molecule is COc1ccccc1CN(CCC(c1ccccc1)c1ccccc1)C(=O)c1ccc(Cc2cc3c(cc2C)C(C)(C)CCC3(C)C)o1. The molecule has 1 aliphatic rings. The molecule has 4 aromatic carbocycles. The van der Waals surface area contributed by atoms with Crippen LogP contribution >= 0.6 is 0 Å². The molecule has 0 fully saturated rings. The molecule has 0 aliphatic heterocycles. The van der Waals surface area contributed by atoms with Crippen LogP contribution in [-0.2, 0) is 23.8 Å². The first-order chi connectivity index (χ1) is 23.1. The molecule has 1 aromatic heterocycles. The molecule has 0 unspecified atom stereocenters. The number of amides is 1. The molecule has 0 bridgehead atoms. The first-order valence-corrected chi connectivity index (χ1v) is 17.3. The van der Waals surface area contributed by atoms with Crippen molar-refractivity contribution in [1.29, 1.82) is 0 Å². The molecule has 0 radical (unpaired) electrons. The highest BCUT2D eigenvalue weighted by Crippen LogP contribution is 2.46. The molecule has 5 aromatic rings. The first-order valence-electron chi connectivity index (χ1n) is 17.3. The van der Waals surface area contributed by atoms with Gasteiger partial charge in [0.25, 0.3) is 5.91 Å². The molecule has 0 spiro atoms. The number of nitrogens with zero attached hydrogens (tertiary/aromatic N) is 1. The van der Waals surface area contributed by atoms with Crippen molar-refractivity contribution in [2.45, 2.75) is 83.6 Å². The lowest BCUT2D eigenvalue weighted by atomic mass is 9.62. The van der Waals surface area contributed by atoms with E-state index in [-0.39, 0.29) is 22.7 Å². The normalized spacial score (nSPS) is 14.8. The average Bonchev–Trinajstić information content (AvgIpc) is 3.56. The van der Waals surface area contributed by atoms with Gasteiger partial charge in [-0.2, -0.15) is 0 Å². The van der Waals surface area contributed by atoms with Crippen molar-refractivity contribution in [3.63, 3.8) is 0 Å². The fourth-order valence-corrected chi connectivity index (χ4v) is 7.36. The van der Waals surface area contributed by atoms with E-state index in [0.717, 1.165) is 23.5 Å². The molecule has 0 saturated heterocycles. The van der Waals surface area contributed by atoms with Gasteiger partial charge in [0, 0.05) is 31.0 Å². The van der Waals surface area contributed by atoms with Crippen LogP contribution in [0.3, 0.4) is 0 Å². The van der Waals surface area contributed by atoms with Crippen LogP contribution in [0.2, 0.25) is 0 Å². The Morgan fingerprint density at radius 3 is 1.98 bits per heavy atom. The lowest BCUT2D eigenvalue weighted by Gasteiger charge is -2.42. The number of carbonyl (C=O) groups is 1. The Hall–Kier alpha value is -4.57. The van der Waals surface area contributed by atoms with Crippen molar-refractivity contribution >= 4 is 5.91 Å². The molecule has 48 heavy (non-hydrogen) atoms. The van der Waals surface area contributed by atoms with Gasteiger partial charge in [-0.1, -0.05) is 119 Å². The molecule has 4 nitrogen and oxygen atoms in total. The zero-order chi connectivity index (χ0) is 33.9. The van der Waals surface area contributed by atoms with E-state index in [1.54, 1.807) is 7.11 Å². The van der Waals surface area contributed by atoms with Crippen molar-refractivity contribution < 1.29 is 13.9 Å². The molecule has 1 heterocycles. The van der Waals surface area contributed by atoms with Gasteiger partial charge in [-0.25, -0.2) is 0 Å². The minimum atomic E-state index is -0.114. The first kappa shape index (κ1) is 33.3. The third-order valence-electron chi connectivity index (χ3n) is 10.5. The number of para-hydroxylation sites is 1. The average molecular weight is 640 g/mol. The van der Waals surface area contributed by atoms with Gasteiger partial charge in [0.15, 0.2) is 5.76 Å². The molecular formula is C44H49NO3. The van der Waals surface area contributed by atoms with Crippen LogP contribution in [0.4, 0.5) is 0 Å².